The van der Waals surface area contributed by atoms with Gasteiger partial charge in [0.15, 0.2) is 0 Å². The number of aromatic nitrogens is 1. The fourth-order valence-electron chi connectivity index (χ4n) is 2.67. The molecule has 1 aromatic rings. The van der Waals surface area contributed by atoms with E-state index in [1.165, 1.54) is 6.20 Å². The fourth-order valence-corrected chi connectivity index (χ4v) is 2.87. The Hall–Kier alpha value is -1.17. The average Bonchev–Trinajstić information content (AvgIpc) is 2.88. The van der Waals surface area contributed by atoms with E-state index in [-0.39, 0.29) is 11.4 Å². The van der Waals surface area contributed by atoms with Crippen LogP contribution in [0.2, 0.25) is 5.02 Å². The molecule has 1 amide bonds. The molecule has 2 fully saturated rings. The summed E-state index contributed by atoms with van der Waals surface area (Å²) in [6, 6.07) is 1.66. The van der Waals surface area contributed by atoms with Gasteiger partial charge in [-0.15, -0.1) is 0 Å². The Morgan fingerprint density at radius 3 is 2.89 bits per heavy atom. The maximum Gasteiger partial charge on any atom is 0.256 e. The molecule has 0 N–H and O–H groups in total. The molecule has 6 heteroatoms. The van der Waals surface area contributed by atoms with Crippen molar-refractivity contribution < 1.29 is 14.3 Å². The average molecular weight is 283 g/mol. The molecule has 3 rings (SSSR count). The number of halogens is 1. The third kappa shape index (κ3) is 2.22. The molecule has 1 atom stereocenters. The summed E-state index contributed by atoms with van der Waals surface area (Å²) in [5.74, 6) is -0.0683. The molecular weight excluding hydrogens is 268 g/mol. The molecule has 2 aliphatic heterocycles. The van der Waals surface area contributed by atoms with Crippen molar-refractivity contribution in [3.63, 3.8) is 0 Å². The fraction of sp³-hybridized carbons (Fsp3) is 0.538. The number of hydrogen-bond acceptors (Lipinski definition) is 4. The molecule has 5 nitrogen and oxygen atoms in total. The van der Waals surface area contributed by atoms with Crippen LogP contribution in [0.5, 0.6) is 0 Å². The van der Waals surface area contributed by atoms with Crippen LogP contribution in [0.25, 0.3) is 0 Å². The standard InChI is InChI=1S/C13H15ClN2O3/c14-11-7-15-3-1-10(11)12(17)16-4-6-19-9-13(16)2-5-18-8-13/h1,3,7H,2,4-6,8-9H2/t13-/m1/s1. The highest BCUT2D eigenvalue weighted by atomic mass is 35.5. The summed E-state index contributed by atoms with van der Waals surface area (Å²) in [6.07, 6.45) is 3.88. The van der Waals surface area contributed by atoms with Crippen molar-refractivity contribution in [3.8, 4) is 0 Å². The van der Waals surface area contributed by atoms with Crippen LogP contribution in [-0.2, 0) is 9.47 Å². The van der Waals surface area contributed by atoms with E-state index in [1.807, 2.05) is 4.90 Å². The lowest BCUT2D eigenvalue weighted by atomic mass is 9.95. The van der Waals surface area contributed by atoms with E-state index >= 15 is 0 Å². The van der Waals surface area contributed by atoms with Crippen LogP contribution in [0.4, 0.5) is 0 Å². The number of morpholine rings is 1. The topological polar surface area (TPSA) is 51.7 Å². The summed E-state index contributed by atoms with van der Waals surface area (Å²) in [5, 5.41) is 0.382. The van der Waals surface area contributed by atoms with Crippen molar-refractivity contribution in [2.24, 2.45) is 0 Å². The van der Waals surface area contributed by atoms with Crippen molar-refractivity contribution in [2.45, 2.75) is 12.0 Å². The van der Waals surface area contributed by atoms with Gasteiger partial charge >= 0.3 is 0 Å². The van der Waals surface area contributed by atoms with Crippen LogP contribution >= 0.6 is 11.6 Å². The molecule has 0 aromatic carbocycles. The Morgan fingerprint density at radius 1 is 1.37 bits per heavy atom. The number of pyridine rings is 1. The van der Waals surface area contributed by atoms with E-state index < -0.39 is 0 Å². The molecule has 102 valence electrons. The van der Waals surface area contributed by atoms with Crippen molar-refractivity contribution in [1.82, 2.24) is 9.88 Å². The lowest BCUT2D eigenvalue weighted by Crippen LogP contribution is -2.59. The van der Waals surface area contributed by atoms with Crippen LogP contribution < -0.4 is 0 Å². The SMILES string of the molecule is O=C(c1ccncc1Cl)N1CCOC[C@]12CCOC2. The number of amides is 1. The molecular formula is C13H15ClN2O3. The first-order chi connectivity index (χ1) is 9.23. The quantitative estimate of drug-likeness (QED) is 0.781. The minimum Gasteiger partial charge on any atom is -0.379 e. The molecule has 0 bridgehead atoms. The monoisotopic (exact) mass is 282 g/mol. The van der Waals surface area contributed by atoms with E-state index in [2.05, 4.69) is 4.98 Å². The van der Waals surface area contributed by atoms with Crippen LogP contribution in [-0.4, -0.2) is 54.3 Å². The van der Waals surface area contributed by atoms with Crippen molar-refractivity contribution in [3.05, 3.63) is 29.0 Å². The number of carbonyl (C=O) groups is 1. The highest BCUT2D eigenvalue weighted by Crippen LogP contribution is 2.31. The molecule has 0 radical (unpaired) electrons. The van der Waals surface area contributed by atoms with E-state index in [4.69, 9.17) is 21.1 Å². The molecule has 19 heavy (non-hydrogen) atoms. The van der Waals surface area contributed by atoms with Gasteiger partial charge in [0.1, 0.15) is 0 Å². The normalized spacial score (nSPS) is 26.9. The van der Waals surface area contributed by atoms with Gasteiger partial charge in [-0.1, -0.05) is 11.6 Å². The van der Waals surface area contributed by atoms with Crippen LogP contribution in [0, 0.1) is 0 Å². The molecule has 0 saturated carbocycles. The van der Waals surface area contributed by atoms with E-state index in [0.717, 1.165) is 6.42 Å². The second kappa shape index (κ2) is 5.07. The third-order valence-electron chi connectivity index (χ3n) is 3.73. The van der Waals surface area contributed by atoms with Crippen LogP contribution in [0.15, 0.2) is 18.5 Å². The highest BCUT2D eigenvalue weighted by molar-refractivity contribution is 6.33. The molecule has 1 spiro atoms. The van der Waals surface area contributed by atoms with Gasteiger partial charge in [-0.3, -0.25) is 9.78 Å². The molecule has 2 aliphatic rings. The molecule has 0 aliphatic carbocycles. The lowest BCUT2D eigenvalue weighted by Gasteiger charge is -2.43. The zero-order valence-electron chi connectivity index (χ0n) is 10.5. The maximum absolute atomic E-state index is 12.7. The summed E-state index contributed by atoms with van der Waals surface area (Å²) < 4.78 is 11.0. The minimum atomic E-state index is -0.331. The molecule has 3 heterocycles. The number of nitrogens with zero attached hydrogens (tertiary/aromatic N) is 2. The first-order valence-electron chi connectivity index (χ1n) is 6.30. The van der Waals surface area contributed by atoms with Crippen molar-refractivity contribution >= 4 is 17.5 Å². The van der Waals surface area contributed by atoms with Gasteiger partial charge in [-0.25, -0.2) is 0 Å². The number of ether oxygens (including phenoxy) is 2. The first-order valence-corrected chi connectivity index (χ1v) is 6.68. The van der Waals surface area contributed by atoms with Crippen LogP contribution in [0.1, 0.15) is 16.8 Å². The summed E-state index contributed by atoms with van der Waals surface area (Å²) in [7, 11) is 0. The van der Waals surface area contributed by atoms with Gasteiger partial charge in [0, 0.05) is 25.5 Å². The summed E-state index contributed by atoms with van der Waals surface area (Å²) in [6.45, 7) is 2.84. The number of rotatable bonds is 1. The highest BCUT2D eigenvalue weighted by Gasteiger charge is 2.45. The van der Waals surface area contributed by atoms with Crippen molar-refractivity contribution in [2.75, 3.05) is 33.0 Å². The predicted octanol–water partition coefficient (Wildman–Crippen LogP) is 1.37. The van der Waals surface area contributed by atoms with Gasteiger partial charge in [0.25, 0.3) is 5.91 Å². The van der Waals surface area contributed by atoms with Crippen molar-refractivity contribution in [1.29, 1.82) is 0 Å². The van der Waals surface area contributed by atoms with Gasteiger partial charge < -0.3 is 14.4 Å². The smallest absolute Gasteiger partial charge is 0.256 e. The predicted molar refractivity (Wildman–Crippen MR) is 69.3 cm³/mol. The summed E-state index contributed by atoms with van der Waals surface area (Å²) in [5.41, 5.74) is 0.159. The van der Waals surface area contributed by atoms with E-state index in [0.29, 0.717) is 43.6 Å². The minimum absolute atomic E-state index is 0.0683. The first kappa shape index (κ1) is 12.8. The number of hydrogen-bond donors (Lipinski definition) is 0. The van der Waals surface area contributed by atoms with E-state index in [1.54, 1.807) is 12.3 Å². The summed E-state index contributed by atoms with van der Waals surface area (Å²) >= 11 is 6.06. The zero-order chi connectivity index (χ0) is 13.3. The second-order valence-corrected chi connectivity index (χ2v) is 5.30. The Bertz CT molecular complexity index is 489. The Kier molecular flexibility index (Phi) is 3.43. The van der Waals surface area contributed by atoms with Gasteiger partial charge in [-0.05, 0) is 12.5 Å². The Labute approximate surface area is 116 Å². The third-order valence-corrected chi connectivity index (χ3v) is 4.03. The zero-order valence-corrected chi connectivity index (χ0v) is 11.2. The van der Waals surface area contributed by atoms with Crippen LogP contribution in [0.3, 0.4) is 0 Å². The Balaban J connectivity index is 1.91. The maximum atomic E-state index is 12.7. The Morgan fingerprint density at radius 2 is 2.16 bits per heavy atom. The molecule has 1 aromatic heterocycles. The van der Waals surface area contributed by atoms with E-state index in [9.17, 15) is 4.79 Å². The number of carbonyl (C=O) groups excluding carboxylic acids is 1. The van der Waals surface area contributed by atoms with Gasteiger partial charge in [0.2, 0.25) is 0 Å². The van der Waals surface area contributed by atoms with Gasteiger partial charge in [-0.2, -0.15) is 0 Å². The lowest BCUT2D eigenvalue weighted by molar-refractivity contribution is -0.0550. The van der Waals surface area contributed by atoms with Gasteiger partial charge in [0.05, 0.1) is 35.9 Å². The second-order valence-electron chi connectivity index (χ2n) is 4.89. The summed E-state index contributed by atoms with van der Waals surface area (Å²) in [4.78, 5) is 18.4. The molecule has 2 saturated heterocycles. The molecule has 0 unspecified atom stereocenters. The largest absolute Gasteiger partial charge is 0.379 e.